The van der Waals surface area contributed by atoms with Crippen LogP contribution in [0.2, 0.25) is 0 Å². The highest BCUT2D eigenvalue weighted by Gasteiger charge is 2.24. The molecule has 4 heteroatoms. The van der Waals surface area contributed by atoms with Gasteiger partial charge in [0, 0.05) is 6.54 Å². The molecule has 1 aliphatic rings. The summed E-state index contributed by atoms with van der Waals surface area (Å²) in [7, 11) is 4.22. The SMILES string of the molecule is CC1CC(OCCNCCCN(C)C)CC(C)O1. The summed E-state index contributed by atoms with van der Waals surface area (Å²) in [6.07, 6.45) is 4.32. The maximum absolute atomic E-state index is 5.90. The van der Waals surface area contributed by atoms with Crippen molar-refractivity contribution in [3.8, 4) is 0 Å². The van der Waals surface area contributed by atoms with Crippen molar-refractivity contribution in [3.63, 3.8) is 0 Å². The third kappa shape index (κ3) is 7.31. The lowest BCUT2D eigenvalue weighted by Gasteiger charge is -2.32. The molecule has 0 aromatic heterocycles. The van der Waals surface area contributed by atoms with E-state index in [9.17, 15) is 0 Å². The molecule has 2 unspecified atom stereocenters. The van der Waals surface area contributed by atoms with Crippen LogP contribution < -0.4 is 5.32 Å². The van der Waals surface area contributed by atoms with E-state index >= 15 is 0 Å². The first kappa shape index (κ1) is 15.9. The van der Waals surface area contributed by atoms with E-state index in [-0.39, 0.29) is 0 Å². The minimum absolute atomic E-state index is 0.340. The lowest BCUT2D eigenvalue weighted by molar-refractivity contribution is -0.101. The average molecular weight is 258 g/mol. The van der Waals surface area contributed by atoms with Gasteiger partial charge in [-0.05, 0) is 60.3 Å². The van der Waals surface area contributed by atoms with Crippen LogP contribution in [0.25, 0.3) is 0 Å². The maximum Gasteiger partial charge on any atom is 0.0625 e. The number of nitrogens with zero attached hydrogens (tertiary/aromatic N) is 1. The highest BCUT2D eigenvalue weighted by atomic mass is 16.5. The lowest BCUT2D eigenvalue weighted by atomic mass is 10.0. The Bertz CT molecular complexity index is 202. The minimum atomic E-state index is 0.340. The Morgan fingerprint density at radius 2 is 1.83 bits per heavy atom. The van der Waals surface area contributed by atoms with Gasteiger partial charge in [-0.2, -0.15) is 0 Å². The molecule has 0 spiro atoms. The average Bonchev–Trinajstić information content (AvgIpc) is 2.26. The summed E-state index contributed by atoms with van der Waals surface area (Å²) in [4.78, 5) is 2.21. The van der Waals surface area contributed by atoms with Crippen molar-refractivity contribution in [2.24, 2.45) is 0 Å². The van der Waals surface area contributed by atoms with Crippen LogP contribution >= 0.6 is 0 Å². The predicted octanol–water partition coefficient (Wildman–Crippen LogP) is 1.50. The van der Waals surface area contributed by atoms with Gasteiger partial charge in [0.15, 0.2) is 0 Å². The van der Waals surface area contributed by atoms with Gasteiger partial charge in [-0.3, -0.25) is 0 Å². The molecule has 0 bridgehead atoms. The van der Waals surface area contributed by atoms with Gasteiger partial charge in [0.2, 0.25) is 0 Å². The summed E-state index contributed by atoms with van der Waals surface area (Å²) < 4.78 is 11.6. The lowest BCUT2D eigenvalue weighted by Crippen LogP contribution is -2.35. The van der Waals surface area contributed by atoms with Gasteiger partial charge in [-0.15, -0.1) is 0 Å². The van der Waals surface area contributed by atoms with Crippen LogP contribution in [0.1, 0.15) is 33.1 Å². The van der Waals surface area contributed by atoms with E-state index in [2.05, 4.69) is 38.2 Å². The van der Waals surface area contributed by atoms with Crippen molar-refractivity contribution in [1.82, 2.24) is 10.2 Å². The van der Waals surface area contributed by atoms with E-state index in [1.807, 2.05) is 0 Å². The molecular formula is C14H30N2O2. The van der Waals surface area contributed by atoms with Crippen molar-refractivity contribution in [2.45, 2.75) is 51.4 Å². The van der Waals surface area contributed by atoms with E-state index in [1.54, 1.807) is 0 Å². The molecule has 108 valence electrons. The van der Waals surface area contributed by atoms with E-state index in [0.29, 0.717) is 18.3 Å². The van der Waals surface area contributed by atoms with Gasteiger partial charge >= 0.3 is 0 Å². The van der Waals surface area contributed by atoms with Crippen LogP contribution in [-0.2, 0) is 9.47 Å². The first-order valence-electron chi connectivity index (χ1n) is 7.20. The molecular weight excluding hydrogens is 228 g/mol. The van der Waals surface area contributed by atoms with Crippen molar-refractivity contribution in [2.75, 3.05) is 40.3 Å². The molecule has 18 heavy (non-hydrogen) atoms. The molecule has 0 aromatic rings. The normalized spacial score (nSPS) is 28.8. The van der Waals surface area contributed by atoms with E-state index in [1.165, 1.54) is 6.42 Å². The van der Waals surface area contributed by atoms with Gasteiger partial charge in [0.25, 0.3) is 0 Å². The Morgan fingerprint density at radius 1 is 1.17 bits per heavy atom. The molecule has 1 heterocycles. The van der Waals surface area contributed by atoms with Gasteiger partial charge in [0.1, 0.15) is 0 Å². The first-order valence-corrected chi connectivity index (χ1v) is 7.20. The number of rotatable bonds is 8. The van der Waals surface area contributed by atoms with Crippen molar-refractivity contribution in [1.29, 1.82) is 0 Å². The minimum Gasteiger partial charge on any atom is -0.377 e. The van der Waals surface area contributed by atoms with Crippen molar-refractivity contribution >= 4 is 0 Å². The summed E-state index contributed by atoms with van der Waals surface area (Å²) in [6.45, 7) is 8.24. The fourth-order valence-electron chi connectivity index (χ4n) is 2.42. The number of hydrogen-bond donors (Lipinski definition) is 1. The Balaban J connectivity index is 1.94. The molecule has 1 fully saturated rings. The van der Waals surface area contributed by atoms with Crippen LogP contribution in [0, 0.1) is 0 Å². The molecule has 0 aliphatic carbocycles. The van der Waals surface area contributed by atoms with Crippen molar-refractivity contribution in [3.05, 3.63) is 0 Å². The zero-order chi connectivity index (χ0) is 13.4. The molecule has 0 saturated carbocycles. The summed E-state index contributed by atoms with van der Waals surface area (Å²) in [5.41, 5.74) is 0. The fraction of sp³-hybridized carbons (Fsp3) is 1.00. The van der Waals surface area contributed by atoms with Crippen LogP contribution in [0.3, 0.4) is 0 Å². The highest BCUT2D eigenvalue weighted by molar-refractivity contribution is 4.73. The van der Waals surface area contributed by atoms with Gasteiger partial charge in [-0.1, -0.05) is 0 Å². The highest BCUT2D eigenvalue weighted by Crippen LogP contribution is 2.21. The maximum atomic E-state index is 5.90. The Kier molecular flexibility index (Phi) is 7.82. The molecule has 0 amide bonds. The quantitative estimate of drug-likeness (QED) is 0.669. The molecule has 2 atom stereocenters. The van der Waals surface area contributed by atoms with Crippen LogP contribution in [0.5, 0.6) is 0 Å². The van der Waals surface area contributed by atoms with Crippen LogP contribution in [-0.4, -0.2) is 63.5 Å². The molecule has 1 saturated heterocycles. The van der Waals surface area contributed by atoms with E-state index in [4.69, 9.17) is 9.47 Å². The zero-order valence-electron chi connectivity index (χ0n) is 12.4. The van der Waals surface area contributed by atoms with Gasteiger partial charge < -0.3 is 19.7 Å². The van der Waals surface area contributed by atoms with Crippen LogP contribution in [0.4, 0.5) is 0 Å². The van der Waals surface area contributed by atoms with Crippen LogP contribution in [0.15, 0.2) is 0 Å². The molecule has 1 rings (SSSR count). The topological polar surface area (TPSA) is 33.7 Å². The summed E-state index contributed by atoms with van der Waals surface area (Å²) in [5, 5.41) is 3.42. The Morgan fingerprint density at radius 3 is 2.44 bits per heavy atom. The van der Waals surface area contributed by atoms with E-state index < -0.39 is 0 Å². The zero-order valence-corrected chi connectivity index (χ0v) is 12.4. The number of ether oxygens (including phenoxy) is 2. The largest absolute Gasteiger partial charge is 0.377 e. The number of hydrogen-bond acceptors (Lipinski definition) is 4. The molecule has 1 N–H and O–H groups in total. The second kappa shape index (κ2) is 8.86. The van der Waals surface area contributed by atoms with Gasteiger partial charge in [0.05, 0.1) is 24.9 Å². The standard InChI is InChI=1S/C14H30N2O2/c1-12-10-14(11-13(2)18-12)17-9-7-15-6-5-8-16(3)4/h12-15H,5-11H2,1-4H3. The predicted molar refractivity (Wildman–Crippen MR) is 75.0 cm³/mol. The summed E-state index contributed by atoms with van der Waals surface area (Å²) in [5.74, 6) is 0. The Hall–Kier alpha value is -0.160. The number of nitrogens with one attached hydrogen (secondary N) is 1. The first-order chi connectivity index (χ1) is 8.58. The molecule has 1 aliphatic heterocycles. The third-order valence-corrected chi connectivity index (χ3v) is 3.25. The van der Waals surface area contributed by atoms with Crippen molar-refractivity contribution < 1.29 is 9.47 Å². The molecule has 4 nitrogen and oxygen atoms in total. The molecule has 0 aromatic carbocycles. The van der Waals surface area contributed by atoms with E-state index in [0.717, 1.165) is 39.1 Å². The molecule has 0 radical (unpaired) electrons. The second-order valence-corrected chi connectivity index (χ2v) is 5.63. The fourth-order valence-corrected chi connectivity index (χ4v) is 2.42. The van der Waals surface area contributed by atoms with Gasteiger partial charge in [-0.25, -0.2) is 0 Å². The summed E-state index contributed by atoms with van der Waals surface area (Å²) in [6, 6.07) is 0. The third-order valence-electron chi connectivity index (χ3n) is 3.25. The smallest absolute Gasteiger partial charge is 0.0625 e. The second-order valence-electron chi connectivity index (χ2n) is 5.63. The summed E-state index contributed by atoms with van der Waals surface area (Å²) >= 11 is 0. The monoisotopic (exact) mass is 258 g/mol. The Labute approximate surface area is 112 Å².